The lowest BCUT2D eigenvalue weighted by molar-refractivity contribution is -0.118. The lowest BCUT2D eigenvalue weighted by Gasteiger charge is -2.26. The Labute approximate surface area is 205 Å². The smallest absolute Gasteiger partial charge is 0.193 e. The Bertz CT molecular complexity index is 1030. The predicted molar refractivity (Wildman–Crippen MR) is 136 cm³/mol. The summed E-state index contributed by atoms with van der Waals surface area (Å²) in [5, 5.41) is 16.1. The largest absolute Gasteiger partial charge is 0.504 e. The van der Waals surface area contributed by atoms with Crippen LogP contribution >= 0.6 is 23.8 Å². The molecule has 0 aliphatic carbocycles. The lowest BCUT2D eigenvalue weighted by atomic mass is 10.0. The van der Waals surface area contributed by atoms with E-state index in [4.69, 9.17) is 33.4 Å². The number of phenolic OH excluding ortho intramolecular Hbond substituents is 1. The number of nitrogens with one attached hydrogen (secondary N) is 1. The fourth-order valence-corrected chi connectivity index (χ4v) is 3.66. The van der Waals surface area contributed by atoms with Gasteiger partial charge < -0.3 is 15.2 Å². The first-order chi connectivity index (χ1) is 15.9. The van der Waals surface area contributed by atoms with E-state index >= 15 is 0 Å². The summed E-state index contributed by atoms with van der Waals surface area (Å²) in [6.45, 7) is 3.66. The summed E-state index contributed by atoms with van der Waals surface area (Å²) in [6.07, 6.45) is 0.910. The highest BCUT2D eigenvalue weighted by Gasteiger charge is 2.15. The number of hydrogen-bond acceptors (Lipinski definition) is 4. The molecule has 174 valence electrons. The van der Waals surface area contributed by atoms with E-state index in [1.807, 2.05) is 60.7 Å². The van der Waals surface area contributed by atoms with E-state index in [0.717, 1.165) is 22.6 Å². The summed E-state index contributed by atoms with van der Waals surface area (Å²) < 4.78 is 5.23. The van der Waals surface area contributed by atoms with Crippen LogP contribution in [0.5, 0.6) is 11.5 Å². The van der Waals surface area contributed by atoms with Gasteiger partial charge >= 0.3 is 0 Å². The van der Waals surface area contributed by atoms with Gasteiger partial charge in [0.15, 0.2) is 16.6 Å². The molecule has 7 heteroatoms. The maximum Gasteiger partial charge on any atom is 0.193 e. The number of hydroxylamine groups is 2. The predicted octanol–water partition coefficient (Wildman–Crippen LogP) is 5.74. The Morgan fingerprint density at radius 1 is 1.03 bits per heavy atom. The zero-order valence-electron chi connectivity index (χ0n) is 18.8. The molecule has 0 saturated heterocycles. The molecule has 2 N–H and O–H groups in total. The molecule has 0 radical (unpaired) electrons. The van der Waals surface area contributed by atoms with E-state index in [1.54, 1.807) is 17.2 Å². The monoisotopic (exact) mass is 484 g/mol. The third-order valence-corrected chi connectivity index (χ3v) is 5.73. The highest BCUT2D eigenvalue weighted by molar-refractivity contribution is 7.80. The number of methoxy groups -OCH3 is 1. The maximum absolute atomic E-state index is 9.90. The topological polar surface area (TPSA) is 54.0 Å². The minimum Gasteiger partial charge on any atom is -0.504 e. The van der Waals surface area contributed by atoms with Crippen molar-refractivity contribution in [3.8, 4) is 11.5 Å². The number of phenols is 1. The average molecular weight is 485 g/mol. The van der Waals surface area contributed by atoms with Crippen LogP contribution in [0, 0.1) is 5.92 Å². The summed E-state index contributed by atoms with van der Waals surface area (Å²) in [5.74, 6) is 0.856. The summed E-state index contributed by atoms with van der Waals surface area (Å²) >= 11 is 11.7. The van der Waals surface area contributed by atoms with Gasteiger partial charge in [0, 0.05) is 11.6 Å². The molecule has 0 bridgehead atoms. The third kappa shape index (κ3) is 7.93. The Hall–Kier alpha value is -2.80. The van der Waals surface area contributed by atoms with Gasteiger partial charge in [0.2, 0.25) is 0 Å². The van der Waals surface area contributed by atoms with Crippen LogP contribution in [0.25, 0.3) is 0 Å². The van der Waals surface area contributed by atoms with Crippen molar-refractivity contribution in [3.63, 3.8) is 0 Å². The second kappa shape index (κ2) is 12.4. The van der Waals surface area contributed by atoms with Crippen molar-refractivity contribution < 1.29 is 14.7 Å². The number of halogens is 1. The van der Waals surface area contributed by atoms with Crippen LogP contribution in [0.2, 0.25) is 5.02 Å². The standard InChI is InChI=1S/C26H29ClN2O3S/c1-19(14-20-8-11-23(27)12-9-20)16-28-26(33)29(32-18-21-6-4-3-5-7-21)17-22-10-13-24(30)25(15-22)31-2/h3-13,15,19,30H,14,16-18H2,1-2H3,(H,28,33). The van der Waals surface area contributed by atoms with E-state index < -0.39 is 0 Å². The number of aromatic hydroxyl groups is 1. The molecule has 0 fully saturated rings. The van der Waals surface area contributed by atoms with Gasteiger partial charge in [-0.15, -0.1) is 0 Å². The minimum absolute atomic E-state index is 0.0923. The van der Waals surface area contributed by atoms with E-state index in [9.17, 15) is 5.11 Å². The van der Waals surface area contributed by atoms with E-state index in [0.29, 0.717) is 36.5 Å². The number of benzene rings is 3. The van der Waals surface area contributed by atoms with Gasteiger partial charge in [0.1, 0.15) is 6.61 Å². The molecule has 0 spiro atoms. The minimum atomic E-state index is 0.0923. The number of nitrogens with zero attached hydrogens (tertiary/aromatic N) is 1. The molecule has 0 aliphatic rings. The number of thiocarbonyl (C=S) groups is 1. The van der Waals surface area contributed by atoms with Crippen molar-refractivity contribution >= 4 is 28.9 Å². The molecule has 3 aromatic rings. The highest BCUT2D eigenvalue weighted by Crippen LogP contribution is 2.27. The van der Waals surface area contributed by atoms with Gasteiger partial charge in [0.25, 0.3) is 0 Å². The first kappa shape index (κ1) is 24.8. The zero-order valence-corrected chi connectivity index (χ0v) is 20.4. The summed E-state index contributed by atoms with van der Waals surface area (Å²) in [4.78, 5) is 6.07. The Morgan fingerprint density at radius 2 is 1.73 bits per heavy atom. The van der Waals surface area contributed by atoms with Crippen LogP contribution in [-0.2, 0) is 24.4 Å². The number of ether oxygens (including phenoxy) is 1. The van der Waals surface area contributed by atoms with E-state index in [1.165, 1.54) is 12.7 Å². The van der Waals surface area contributed by atoms with Crippen molar-refractivity contribution in [2.45, 2.75) is 26.5 Å². The molecule has 0 aromatic heterocycles. The van der Waals surface area contributed by atoms with Crippen LogP contribution in [-0.4, -0.2) is 28.9 Å². The van der Waals surface area contributed by atoms with Crippen LogP contribution in [0.15, 0.2) is 72.8 Å². The first-order valence-electron chi connectivity index (χ1n) is 10.8. The van der Waals surface area contributed by atoms with Crippen LogP contribution in [0.4, 0.5) is 0 Å². The highest BCUT2D eigenvalue weighted by atomic mass is 35.5. The third-order valence-electron chi connectivity index (χ3n) is 5.13. The van der Waals surface area contributed by atoms with Crippen LogP contribution in [0.3, 0.4) is 0 Å². The second-order valence-electron chi connectivity index (χ2n) is 7.92. The van der Waals surface area contributed by atoms with Gasteiger partial charge in [0.05, 0.1) is 13.7 Å². The molecule has 33 heavy (non-hydrogen) atoms. The normalized spacial score (nSPS) is 11.6. The summed E-state index contributed by atoms with van der Waals surface area (Å²) in [5.41, 5.74) is 3.17. The fourth-order valence-electron chi connectivity index (χ4n) is 3.33. The van der Waals surface area contributed by atoms with E-state index in [2.05, 4.69) is 12.2 Å². The van der Waals surface area contributed by atoms with Crippen molar-refractivity contribution in [2.24, 2.45) is 5.92 Å². The van der Waals surface area contributed by atoms with Crippen LogP contribution < -0.4 is 10.1 Å². The molecular weight excluding hydrogens is 456 g/mol. The number of hydrogen-bond donors (Lipinski definition) is 2. The molecule has 1 unspecified atom stereocenters. The molecule has 3 aromatic carbocycles. The van der Waals surface area contributed by atoms with Gasteiger partial charge in [-0.05, 0) is 65.5 Å². The van der Waals surface area contributed by atoms with Crippen molar-refractivity contribution in [1.29, 1.82) is 0 Å². The lowest BCUT2D eigenvalue weighted by Crippen LogP contribution is -2.41. The van der Waals surface area contributed by atoms with Crippen molar-refractivity contribution in [1.82, 2.24) is 10.4 Å². The quantitative estimate of drug-likeness (QED) is 0.282. The first-order valence-corrected chi connectivity index (χ1v) is 11.6. The molecule has 0 aliphatic heterocycles. The molecule has 5 nitrogen and oxygen atoms in total. The summed E-state index contributed by atoms with van der Waals surface area (Å²) in [7, 11) is 1.52. The maximum atomic E-state index is 9.90. The Balaban J connectivity index is 1.63. The van der Waals surface area contributed by atoms with Gasteiger partial charge in [-0.2, -0.15) is 0 Å². The van der Waals surface area contributed by atoms with Gasteiger partial charge in [-0.25, -0.2) is 5.06 Å². The molecular formula is C26H29ClN2O3S. The zero-order chi connectivity index (χ0) is 23.6. The Kier molecular flexibility index (Phi) is 9.36. The fraction of sp³-hybridized carbons (Fsp3) is 0.269. The molecule has 1 atom stereocenters. The van der Waals surface area contributed by atoms with Crippen LogP contribution in [0.1, 0.15) is 23.6 Å². The second-order valence-corrected chi connectivity index (χ2v) is 8.75. The average Bonchev–Trinajstić information content (AvgIpc) is 2.83. The SMILES string of the molecule is COc1cc(CN(OCc2ccccc2)C(=S)NCC(C)Cc2ccc(Cl)cc2)ccc1O. The van der Waals surface area contributed by atoms with Crippen molar-refractivity contribution in [3.05, 3.63) is 94.5 Å². The van der Waals surface area contributed by atoms with E-state index in [-0.39, 0.29) is 5.75 Å². The number of rotatable bonds is 10. The van der Waals surface area contributed by atoms with Gasteiger partial charge in [-0.1, -0.05) is 67.1 Å². The van der Waals surface area contributed by atoms with Crippen molar-refractivity contribution in [2.75, 3.05) is 13.7 Å². The molecule has 0 saturated carbocycles. The summed E-state index contributed by atoms with van der Waals surface area (Å²) in [6, 6.07) is 23.0. The molecule has 3 rings (SSSR count). The van der Waals surface area contributed by atoms with Gasteiger partial charge in [-0.3, -0.25) is 4.84 Å². The molecule has 0 amide bonds. The molecule has 0 heterocycles. The Morgan fingerprint density at radius 3 is 2.42 bits per heavy atom.